The quantitative estimate of drug-likeness (QED) is 0.177. The van der Waals surface area contributed by atoms with Crippen LogP contribution in [0.3, 0.4) is 0 Å². The molecule has 3 heterocycles. The number of carbonyl (C=O) groups is 2. The number of esters is 2. The van der Waals surface area contributed by atoms with Crippen LogP contribution >= 0.6 is 0 Å². The highest BCUT2D eigenvalue weighted by Gasteiger charge is 2.54. The van der Waals surface area contributed by atoms with Gasteiger partial charge in [-0.1, -0.05) is 18.2 Å². The minimum Gasteiger partial charge on any atom is -0.508 e. The van der Waals surface area contributed by atoms with Gasteiger partial charge in [-0.25, -0.2) is 9.59 Å². The molecule has 0 saturated carbocycles. The molecular weight excluding hydrogens is 492 g/mol. The summed E-state index contributed by atoms with van der Waals surface area (Å²) in [7, 11) is 0. The van der Waals surface area contributed by atoms with Gasteiger partial charge < -0.3 is 49.2 Å². The normalized spacial score (nSPS) is 35.6. The molecule has 3 aliphatic heterocycles. The van der Waals surface area contributed by atoms with Crippen LogP contribution < -0.4 is 0 Å². The van der Waals surface area contributed by atoms with E-state index in [0.717, 1.165) is 12.3 Å². The van der Waals surface area contributed by atoms with Gasteiger partial charge >= 0.3 is 11.9 Å². The molecule has 3 aliphatic rings. The number of hydrogen-bond donors (Lipinski definition) is 5. The molecule has 0 aromatic heterocycles. The topological polar surface area (TPSA) is 181 Å². The van der Waals surface area contributed by atoms with E-state index < -0.39 is 67.1 Å². The van der Waals surface area contributed by atoms with Crippen molar-refractivity contribution in [2.45, 2.75) is 49.0 Å². The Balaban J connectivity index is 1.40. The van der Waals surface area contributed by atoms with Crippen molar-refractivity contribution in [2.24, 2.45) is 5.92 Å². The fourth-order valence-corrected chi connectivity index (χ4v) is 4.31. The Morgan fingerprint density at radius 1 is 1.14 bits per heavy atom. The van der Waals surface area contributed by atoms with Crippen LogP contribution in [0.15, 0.2) is 54.8 Å². The first-order valence-corrected chi connectivity index (χ1v) is 11.5. The molecule has 0 spiro atoms. The number of carbonyl (C=O) groups excluding carboxylic acids is 2. The predicted octanol–water partition coefficient (Wildman–Crippen LogP) is -0.507. The molecule has 1 aromatic rings. The van der Waals surface area contributed by atoms with Crippen LogP contribution in [0.5, 0.6) is 5.75 Å². The molecular formula is C25H28O12. The van der Waals surface area contributed by atoms with Crippen LogP contribution in [0.1, 0.15) is 12.0 Å². The van der Waals surface area contributed by atoms with E-state index in [2.05, 4.69) is 6.58 Å². The smallest absolute Gasteiger partial charge is 0.340 e. The summed E-state index contributed by atoms with van der Waals surface area (Å²) in [6.07, 6.45) is -4.21. The number of hydrogen-bond acceptors (Lipinski definition) is 12. The highest BCUT2D eigenvalue weighted by molar-refractivity contribution is 5.91. The number of rotatable bonds is 7. The third kappa shape index (κ3) is 5.54. The summed E-state index contributed by atoms with van der Waals surface area (Å²) in [5.74, 6) is -2.41. The summed E-state index contributed by atoms with van der Waals surface area (Å²) in [5.41, 5.74) is -1.17. The first-order chi connectivity index (χ1) is 17.6. The Kier molecular flexibility index (Phi) is 7.97. The molecule has 37 heavy (non-hydrogen) atoms. The Morgan fingerprint density at radius 3 is 2.57 bits per heavy atom. The maximum absolute atomic E-state index is 12.1. The number of phenolic OH excluding ortho intramolecular Hbond substituents is 1. The van der Waals surface area contributed by atoms with Crippen molar-refractivity contribution in [3.8, 4) is 5.75 Å². The number of cyclic esters (lactones) is 1. The maximum atomic E-state index is 12.1. The molecule has 12 heteroatoms. The van der Waals surface area contributed by atoms with E-state index in [9.17, 15) is 35.1 Å². The van der Waals surface area contributed by atoms with E-state index in [4.69, 9.17) is 23.7 Å². The highest BCUT2D eigenvalue weighted by Crippen LogP contribution is 2.42. The van der Waals surface area contributed by atoms with Crippen molar-refractivity contribution in [1.29, 1.82) is 0 Å². The van der Waals surface area contributed by atoms with Crippen molar-refractivity contribution in [2.75, 3.05) is 13.2 Å². The first-order valence-electron chi connectivity index (χ1n) is 11.5. The van der Waals surface area contributed by atoms with Crippen LogP contribution in [-0.4, -0.2) is 93.3 Å². The van der Waals surface area contributed by atoms with Crippen LogP contribution in [0.25, 0.3) is 6.08 Å². The van der Waals surface area contributed by atoms with Gasteiger partial charge in [0.2, 0.25) is 6.29 Å². The first kappa shape index (κ1) is 26.8. The lowest BCUT2D eigenvalue weighted by Crippen LogP contribution is -2.61. The second-order valence-corrected chi connectivity index (χ2v) is 8.81. The third-order valence-electron chi connectivity index (χ3n) is 6.45. The molecule has 8 atom stereocenters. The molecule has 0 bridgehead atoms. The highest BCUT2D eigenvalue weighted by atomic mass is 16.8. The fraction of sp³-hybridized carbons (Fsp3) is 0.440. The van der Waals surface area contributed by atoms with Crippen molar-refractivity contribution in [3.05, 3.63) is 60.4 Å². The fourth-order valence-electron chi connectivity index (χ4n) is 4.31. The molecule has 0 unspecified atom stereocenters. The van der Waals surface area contributed by atoms with Gasteiger partial charge in [0.1, 0.15) is 47.9 Å². The number of ether oxygens (including phenoxy) is 5. The monoisotopic (exact) mass is 520 g/mol. The van der Waals surface area contributed by atoms with E-state index in [1.165, 1.54) is 24.3 Å². The summed E-state index contributed by atoms with van der Waals surface area (Å²) >= 11 is 0. The molecule has 200 valence electrons. The van der Waals surface area contributed by atoms with E-state index in [1.807, 2.05) is 0 Å². The zero-order valence-corrected chi connectivity index (χ0v) is 19.6. The lowest BCUT2D eigenvalue weighted by Gasteiger charge is -2.46. The van der Waals surface area contributed by atoms with Crippen LogP contribution in [0.2, 0.25) is 0 Å². The molecule has 2 saturated heterocycles. The lowest BCUT2D eigenvalue weighted by atomic mass is 9.76. The van der Waals surface area contributed by atoms with Crippen molar-refractivity contribution >= 4 is 18.0 Å². The number of phenols is 1. The lowest BCUT2D eigenvalue weighted by molar-refractivity contribution is -0.344. The second-order valence-electron chi connectivity index (χ2n) is 8.81. The maximum Gasteiger partial charge on any atom is 0.340 e. The summed E-state index contributed by atoms with van der Waals surface area (Å²) in [4.78, 5) is 24.2. The van der Waals surface area contributed by atoms with Gasteiger partial charge in [-0.3, -0.25) is 0 Å². The van der Waals surface area contributed by atoms with Gasteiger partial charge in [0.15, 0.2) is 6.29 Å². The summed E-state index contributed by atoms with van der Waals surface area (Å²) in [6.45, 7) is 3.15. The zero-order chi connectivity index (χ0) is 26.7. The van der Waals surface area contributed by atoms with E-state index in [1.54, 1.807) is 12.1 Å². The van der Waals surface area contributed by atoms with Crippen LogP contribution in [0.4, 0.5) is 0 Å². The van der Waals surface area contributed by atoms with Gasteiger partial charge in [-0.2, -0.15) is 0 Å². The van der Waals surface area contributed by atoms with Crippen molar-refractivity contribution in [3.63, 3.8) is 0 Å². The predicted molar refractivity (Wildman–Crippen MR) is 123 cm³/mol. The largest absolute Gasteiger partial charge is 0.508 e. The average molecular weight is 520 g/mol. The van der Waals surface area contributed by atoms with E-state index in [-0.39, 0.29) is 24.4 Å². The van der Waals surface area contributed by atoms with E-state index in [0.29, 0.717) is 5.56 Å². The van der Waals surface area contributed by atoms with E-state index >= 15 is 0 Å². The number of benzene rings is 1. The SMILES string of the molecule is C=C[C@H]1[C@H](O[C@@H]2O[C@H](COC(=O)/C=C/c3ccc(O)cc3)[C@@H](O)[C@H](O)[C@H]2O)OC=C2C(=O)OCC[C@]21O. The molecule has 0 radical (unpaired) electrons. The number of fused-ring (bicyclic) bond motifs is 1. The molecule has 4 rings (SSSR count). The van der Waals surface area contributed by atoms with Gasteiger partial charge in [0.25, 0.3) is 0 Å². The Morgan fingerprint density at radius 2 is 1.86 bits per heavy atom. The van der Waals surface area contributed by atoms with Crippen LogP contribution in [-0.2, 0) is 33.3 Å². The number of aliphatic hydroxyl groups is 4. The Labute approximate surface area is 211 Å². The van der Waals surface area contributed by atoms with Crippen LogP contribution in [0, 0.1) is 5.92 Å². The standard InChI is InChI=1S/C25H28O12/c1-2-15-23(35-11-16-22(31)33-10-9-25(15,16)32)37-24-21(30)20(29)19(28)17(36-24)12-34-18(27)8-5-13-3-6-14(26)7-4-13/h2-8,11,15,17,19-21,23-24,26,28-30,32H,1,9-10,12H2/b8-5+/t15-,17+,19+,20-,21+,23-,24-,25+/m0/s1. The van der Waals surface area contributed by atoms with Gasteiger partial charge in [-0.15, -0.1) is 6.58 Å². The van der Waals surface area contributed by atoms with Crippen molar-refractivity contribution < 1.29 is 58.8 Å². The van der Waals surface area contributed by atoms with Gasteiger partial charge in [0, 0.05) is 12.5 Å². The van der Waals surface area contributed by atoms with Crippen molar-refractivity contribution in [1.82, 2.24) is 0 Å². The summed E-state index contributed by atoms with van der Waals surface area (Å²) < 4.78 is 26.8. The molecule has 2 fully saturated rings. The molecule has 12 nitrogen and oxygen atoms in total. The Hall–Kier alpha value is -3.26. The minimum atomic E-state index is -1.72. The third-order valence-corrected chi connectivity index (χ3v) is 6.45. The minimum absolute atomic E-state index is 0.0359. The molecule has 5 N–H and O–H groups in total. The number of aromatic hydroxyl groups is 1. The Bertz CT molecular complexity index is 1070. The molecule has 1 aromatic carbocycles. The van der Waals surface area contributed by atoms with Gasteiger partial charge in [0.05, 0.1) is 18.8 Å². The summed E-state index contributed by atoms with van der Waals surface area (Å²) in [6, 6.07) is 6.07. The summed E-state index contributed by atoms with van der Waals surface area (Å²) in [5, 5.41) is 51.6. The molecule has 0 amide bonds. The molecule has 0 aliphatic carbocycles. The second kappa shape index (κ2) is 11.0. The number of aliphatic hydroxyl groups excluding tert-OH is 3. The average Bonchev–Trinajstić information content (AvgIpc) is 2.87. The van der Waals surface area contributed by atoms with Gasteiger partial charge in [-0.05, 0) is 23.8 Å². The zero-order valence-electron chi connectivity index (χ0n) is 19.6.